The van der Waals surface area contributed by atoms with Gasteiger partial charge in [-0.3, -0.25) is 19.7 Å². The average molecular weight is 338 g/mol. The summed E-state index contributed by atoms with van der Waals surface area (Å²) in [7, 11) is 0. The molecule has 0 saturated carbocycles. The molecule has 1 amide bonds. The SMILES string of the molecule is NC(=O)[C@@]1(CCCc2ccccn2)CCCN(Cc2ccccn2)C1. The number of pyridine rings is 2. The summed E-state index contributed by atoms with van der Waals surface area (Å²) in [6.45, 7) is 2.49. The largest absolute Gasteiger partial charge is 0.369 e. The van der Waals surface area contributed by atoms with Crippen molar-refractivity contribution in [3.63, 3.8) is 0 Å². The Morgan fingerprint density at radius 2 is 1.84 bits per heavy atom. The van der Waals surface area contributed by atoms with Crippen LogP contribution in [-0.4, -0.2) is 33.9 Å². The molecule has 1 atom stereocenters. The lowest BCUT2D eigenvalue weighted by molar-refractivity contribution is -0.131. The van der Waals surface area contributed by atoms with Gasteiger partial charge in [-0.25, -0.2) is 0 Å². The predicted octanol–water partition coefficient (Wildman–Crippen LogP) is 2.57. The standard InChI is InChI=1S/C20H26N4O/c21-19(25)20(10-5-9-17-7-1-3-12-22-17)11-6-14-24(16-20)15-18-8-2-4-13-23-18/h1-4,7-8,12-13H,5-6,9-11,14-16H2,(H2,21,25)/t20-/m0/s1. The van der Waals surface area contributed by atoms with Crippen LogP contribution < -0.4 is 5.73 Å². The van der Waals surface area contributed by atoms with Crippen molar-refractivity contribution in [1.29, 1.82) is 0 Å². The molecule has 0 aliphatic carbocycles. The third-order valence-corrected chi connectivity index (χ3v) is 5.10. The van der Waals surface area contributed by atoms with Crippen LogP contribution in [0.5, 0.6) is 0 Å². The van der Waals surface area contributed by atoms with Crippen molar-refractivity contribution in [3.05, 3.63) is 60.2 Å². The summed E-state index contributed by atoms with van der Waals surface area (Å²) >= 11 is 0. The molecule has 132 valence electrons. The molecule has 1 saturated heterocycles. The van der Waals surface area contributed by atoms with Crippen LogP contribution in [0.3, 0.4) is 0 Å². The Bertz CT molecular complexity index is 677. The third-order valence-electron chi connectivity index (χ3n) is 5.10. The summed E-state index contributed by atoms with van der Waals surface area (Å²) in [5.41, 5.74) is 7.52. The second-order valence-corrected chi connectivity index (χ2v) is 6.95. The smallest absolute Gasteiger partial charge is 0.224 e. The summed E-state index contributed by atoms with van der Waals surface area (Å²) in [4.78, 5) is 23.4. The molecular weight excluding hydrogens is 312 g/mol. The highest BCUT2D eigenvalue weighted by Gasteiger charge is 2.40. The van der Waals surface area contributed by atoms with Crippen LogP contribution in [-0.2, 0) is 17.8 Å². The Hall–Kier alpha value is -2.27. The molecule has 0 bridgehead atoms. The van der Waals surface area contributed by atoms with Gasteiger partial charge in [0.15, 0.2) is 0 Å². The van der Waals surface area contributed by atoms with E-state index in [1.807, 2.05) is 48.8 Å². The molecule has 1 fully saturated rings. The predicted molar refractivity (Wildman–Crippen MR) is 97.6 cm³/mol. The van der Waals surface area contributed by atoms with Crippen LogP contribution in [0.4, 0.5) is 0 Å². The van der Waals surface area contributed by atoms with Gasteiger partial charge in [0.2, 0.25) is 5.91 Å². The highest BCUT2D eigenvalue weighted by atomic mass is 16.1. The van der Waals surface area contributed by atoms with Crippen molar-refractivity contribution in [3.8, 4) is 0 Å². The first-order valence-electron chi connectivity index (χ1n) is 9.00. The fraction of sp³-hybridized carbons (Fsp3) is 0.450. The molecule has 2 N–H and O–H groups in total. The van der Waals surface area contributed by atoms with Gasteiger partial charge in [-0.05, 0) is 62.9 Å². The second-order valence-electron chi connectivity index (χ2n) is 6.95. The van der Waals surface area contributed by atoms with Crippen molar-refractivity contribution >= 4 is 5.91 Å². The molecule has 0 spiro atoms. The Morgan fingerprint density at radius 1 is 1.12 bits per heavy atom. The number of aromatic nitrogens is 2. The molecule has 1 aliphatic heterocycles. The molecule has 5 heteroatoms. The zero-order valence-corrected chi connectivity index (χ0v) is 14.6. The Kier molecular flexibility index (Phi) is 5.76. The number of nitrogens with zero attached hydrogens (tertiary/aromatic N) is 3. The van der Waals surface area contributed by atoms with Gasteiger partial charge >= 0.3 is 0 Å². The molecule has 25 heavy (non-hydrogen) atoms. The molecular formula is C20H26N4O. The van der Waals surface area contributed by atoms with E-state index in [9.17, 15) is 4.79 Å². The summed E-state index contributed by atoms with van der Waals surface area (Å²) in [5, 5.41) is 0. The normalized spacial score (nSPS) is 21.1. The van der Waals surface area contributed by atoms with Gasteiger partial charge < -0.3 is 5.73 Å². The molecule has 5 nitrogen and oxygen atoms in total. The lowest BCUT2D eigenvalue weighted by Crippen LogP contribution is -2.50. The zero-order chi connectivity index (χ0) is 17.5. The highest BCUT2D eigenvalue weighted by Crippen LogP contribution is 2.35. The minimum absolute atomic E-state index is 0.167. The van der Waals surface area contributed by atoms with Crippen LogP contribution in [0.2, 0.25) is 0 Å². The topological polar surface area (TPSA) is 72.1 Å². The highest BCUT2D eigenvalue weighted by molar-refractivity contribution is 5.81. The van der Waals surface area contributed by atoms with Crippen molar-refractivity contribution in [1.82, 2.24) is 14.9 Å². The van der Waals surface area contributed by atoms with Crippen molar-refractivity contribution in [2.75, 3.05) is 13.1 Å². The number of rotatable bonds is 7. The summed E-state index contributed by atoms with van der Waals surface area (Å²) in [6, 6.07) is 11.9. The van der Waals surface area contributed by atoms with Crippen LogP contribution in [0.1, 0.15) is 37.1 Å². The van der Waals surface area contributed by atoms with Crippen molar-refractivity contribution < 1.29 is 4.79 Å². The van der Waals surface area contributed by atoms with Gasteiger partial charge in [-0.15, -0.1) is 0 Å². The number of hydrogen-bond acceptors (Lipinski definition) is 4. The van der Waals surface area contributed by atoms with E-state index < -0.39 is 5.41 Å². The molecule has 1 aliphatic rings. The number of aryl methyl sites for hydroxylation is 1. The molecule has 0 unspecified atom stereocenters. The quantitative estimate of drug-likeness (QED) is 0.842. The van der Waals surface area contributed by atoms with E-state index in [4.69, 9.17) is 5.73 Å². The minimum atomic E-state index is -0.429. The summed E-state index contributed by atoms with van der Waals surface area (Å²) in [5.74, 6) is -0.167. The number of carbonyl (C=O) groups excluding carboxylic acids is 1. The Labute approximate surface area is 149 Å². The lowest BCUT2D eigenvalue weighted by Gasteiger charge is -2.40. The fourth-order valence-electron chi connectivity index (χ4n) is 3.77. The molecule has 0 radical (unpaired) electrons. The number of hydrogen-bond donors (Lipinski definition) is 1. The minimum Gasteiger partial charge on any atom is -0.369 e. The molecule has 3 heterocycles. The Balaban J connectivity index is 1.61. The van der Waals surface area contributed by atoms with Gasteiger partial charge in [0.25, 0.3) is 0 Å². The molecule has 3 rings (SSSR count). The number of nitrogens with two attached hydrogens (primary N) is 1. The molecule has 2 aromatic rings. The molecule has 0 aromatic carbocycles. The van der Waals surface area contributed by atoms with E-state index in [1.54, 1.807) is 0 Å². The Morgan fingerprint density at radius 3 is 2.48 bits per heavy atom. The molecule has 2 aromatic heterocycles. The number of primary amides is 1. The maximum atomic E-state index is 12.3. The maximum Gasteiger partial charge on any atom is 0.224 e. The number of carbonyl (C=O) groups is 1. The maximum absolute atomic E-state index is 12.3. The zero-order valence-electron chi connectivity index (χ0n) is 14.6. The number of piperidine rings is 1. The monoisotopic (exact) mass is 338 g/mol. The van der Waals surface area contributed by atoms with Crippen LogP contribution in [0, 0.1) is 5.41 Å². The average Bonchev–Trinajstić information content (AvgIpc) is 2.64. The summed E-state index contributed by atoms with van der Waals surface area (Å²) in [6.07, 6.45) is 8.13. The van der Waals surface area contributed by atoms with E-state index in [-0.39, 0.29) is 5.91 Å². The van der Waals surface area contributed by atoms with E-state index >= 15 is 0 Å². The first kappa shape index (κ1) is 17.5. The number of amides is 1. The van der Waals surface area contributed by atoms with Crippen LogP contribution in [0.25, 0.3) is 0 Å². The van der Waals surface area contributed by atoms with E-state index in [2.05, 4.69) is 14.9 Å². The van der Waals surface area contributed by atoms with Crippen molar-refractivity contribution in [2.45, 2.75) is 38.6 Å². The summed E-state index contributed by atoms with van der Waals surface area (Å²) < 4.78 is 0. The van der Waals surface area contributed by atoms with Gasteiger partial charge in [-0.1, -0.05) is 12.1 Å². The third kappa shape index (κ3) is 4.63. The van der Waals surface area contributed by atoms with Gasteiger partial charge in [0, 0.05) is 31.2 Å². The first-order valence-corrected chi connectivity index (χ1v) is 9.00. The first-order chi connectivity index (χ1) is 12.2. The number of likely N-dealkylation sites (tertiary alicyclic amines) is 1. The van der Waals surface area contributed by atoms with E-state index in [0.29, 0.717) is 0 Å². The fourth-order valence-corrected chi connectivity index (χ4v) is 3.77. The second kappa shape index (κ2) is 8.21. The lowest BCUT2D eigenvalue weighted by atomic mass is 9.75. The van der Waals surface area contributed by atoms with Gasteiger partial charge in [0.1, 0.15) is 0 Å². The van der Waals surface area contributed by atoms with E-state index in [1.165, 1.54) is 0 Å². The van der Waals surface area contributed by atoms with Crippen molar-refractivity contribution in [2.24, 2.45) is 11.1 Å². The van der Waals surface area contributed by atoms with E-state index in [0.717, 1.165) is 63.1 Å². The van der Waals surface area contributed by atoms with Gasteiger partial charge in [0.05, 0.1) is 11.1 Å². The van der Waals surface area contributed by atoms with Crippen LogP contribution >= 0.6 is 0 Å². The van der Waals surface area contributed by atoms with Gasteiger partial charge in [-0.2, -0.15) is 0 Å². The van der Waals surface area contributed by atoms with Crippen LogP contribution in [0.15, 0.2) is 48.8 Å².